The summed E-state index contributed by atoms with van der Waals surface area (Å²) >= 11 is 0. The van der Waals surface area contributed by atoms with Gasteiger partial charge in [0.2, 0.25) is 0 Å². The van der Waals surface area contributed by atoms with E-state index in [-0.39, 0.29) is 11.6 Å². The fourth-order valence-electron chi connectivity index (χ4n) is 3.96. The van der Waals surface area contributed by atoms with Crippen molar-refractivity contribution >= 4 is 19.8 Å². The molecule has 209 valence electrons. The molecule has 20 heteroatoms. The zero-order valence-corrected chi connectivity index (χ0v) is 20.3. The molecule has 0 spiro atoms. The fourth-order valence-corrected chi connectivity index (χ4v) is 5.02. The number of ether oxygens (including phenoxy) is 2. The number of nitrogen functional groups attached to an aromatic ring is 2. The van der Waals surface area contributed by atoms with Gasteiger partial charge in [0, 0.05) is 12.4 Å². The second-order valence-electron chi connectivity index (χ2n) is 8.29. The molecule has 0 saturated carbocycles. The minimum Gasteiger partial charge on any atom is -0.394 e. The molecule has 2 aromatic heterocycles. The lowest BCUT2D eigenvalue weighted by Gasteiger charge is -2.21. The van der Waals surface area contributed by atoms with E-state index in [1.54, 1.807) is 0 Å². The molecule has 1 unspecified atom stereocenters. The lowest BCUT2D eigenvalue weighted by molar-refractivity contribution is -0.0724. The van der Waals surface area contributed by atoms with E-state index in [9.17, 15) is 34.9 Å². The van der Waals surface area contributed by atoms with Crippen molar-refractivity contribution < 1.29 is 48.5 Å². The SMILES string of the molecule is NO[P+]([O])(OC[C@H]1O[C@@H](n2ccc(N)nc2=O)[C@H](O)[C@@H]1O)O[C@H]1[C@@H](O)[C@H](n2ccc(N)nc2=O)O[C@@H]1CO. The summed E-state index contributed by atoms with van der Waals surface area (Å²) in [5.41, 5.74) is 9.16. The Labute approximate surface area is 213 Å². The van der Waals surface area contributed by atoms with Gasteiger partial charge in [-0.3, -0.25) is 9.13 Å². The quantitative estimate of drug-likeness (QED) is 0.113. The normalized spacial score (nSPS) is 32.9. The molecule has 2 fully saturated rings. The maximum Gasteiger partial charge on any atom is 0.629 e. The number of aromatic nitrogens is 4. The van der Waals surface area contributed by atoms with E-state index in [0.717, 1.165) is 9.13 Å². The van der Waals surface area contributed by atoms with Gasteiger partial charge in [-0.2, -0.15) is 15.9 Å². The van der Waals surface area contributed by atoms with Gasteiger partial charge < -0.3 is 41.4 Å². The van der Waals surface area contributed by atoms with Crippen LogP contribution in [0.4, 0.5) is 11.6 Å². The molecule has 38 heavy (non-hydrogen) atoms. The Kier molecular flexibility index (Phi) is 8.37. The molecule has 0 aliphatic carbocycles. The number of aliphatic hydroxyl groups excluding tert-OH is 4. The third-order valence-electron chi connectivity index (χ3n) is 5.85. The molecular formula is C18H26N7O12P+. The molecule has 0 bridgehead atoms. The van der Waals surface area contributed by atoms with Gasteiger partial charge >= 0.3 is 19.5 Å². The van der Waals surface area contributed by atoms with Crippen LogP contribution in [0, 0.1) is 0 Å². The van der Waals surface area contributed by atoms with E-state index in [1.165, 1.54) is 24.5 Å². The molecule has 9 atom stereocenters. The third kappa shape index (κ3) is 5.54. The van der Waals surface area contributed by atoms with Crippen LogP contribution in [0.25, 0.3) is 0 Å². The molecule has 2 aromatic rings. The summed E-state index contributed by atoms with van der Waals surface area (Å²) in [5.74, 6) is 4.95. The molecule has 0 amide bonds. The molecule has 0 aromatic carbocycles. The van der Waals surface area contributed by atoms with Crippen molar-refractivity contribution in [2.24, 2.45) is 5.90 Å². The number of aliphatic hydroxyl groups is 4. The lowest BCUT2D eigenvalue weighted by Crippen LogP contribution is -2.39. The van der Waals surface area contributed by atoms with Crippen molar-refractivity contribution in [3.63, 3.8) is 0 Å². The molecule has 2 aliphatic rings. The average molecular weight is 563 g/mol. The monoisotopic (exact) mass is 563 g/mol. The first kappa shape index (κ1) is 28.4. The molecule has 2 aliphatic heterocycles. The van der Waals surface area contributed by atoms with Crippen LogP contribution in [0.15, 0.2) is 34.1 Å². The number of hydrogen-bond donors (Lipinski definition) is 7. The predicted molar refractivity (Wildman–Crippen MR) is 122 cm³/mol. The van der Waals surface area contributed by atoms with E-state index < -0.39 is 81.8 Å². The van der Waals surface area contributed by atoms with Crippen molar-refractivity contribution in [3.05, 3.63) is 45.5 Å². The summed E-state index contributed by atoms with van der Waals surface area (Å²) < 4.78 is 27.4. The summed E-state index contributed by atoms with van der Waals surface area (Å²) in [5, 5.41) is 41.1. The van der Waals surface area contributed by atoms with Crippen LogP contribution >= 0.6 is 8.17 Å². The fraction of sp³-hybridized carbons (Fsp3) is 0.556. The Hall–Kier alpha value is -2.65. The van der Waals surface area contributed by atoms with Crippen molar-refractivity contribution in [1.82, 2.24) is 19.1 Å². The molecule has 1 radical (unpaired) electrons. The average Bonchev–Trinajstić information content (AvgIpc) is 3.33. The topological polar surface area (TPSA) is 295 Å². The van der Waals surface area contributed by atoms with E-state index in [0.29, 0.717) is 0 Å². The molecule has 2 saturated heterocycles. The Morgan fingerprint density at radius 3 is 1.95 bits per heavy atom. The van der Waals surface area contributed by atoms with Gasteiger partial charge in [0.25, 0.3) is 0 Å². The second kappa shape index (κ2) is 11.2. The first-order valence-corrected chi connectivity index (χ1v) is 12.4. The van der Waals surface area contributed by atoms with Crippen molar-refractivity contribution in [2.75, 3.05) is 24.7 Å². The summed E-state index contributed by atoms with van der Waals surface area (Å²) in [6.45, 7) is -1.48. The third-order valence-corrected chi connectivity index (χ3v) is 7.08. The first-order valence-electron chi connectivity index (χ1n) is 10.9. The number of nitrogens with two attached hydrogens (primary N) is 3. The van der Waals surface area contributed by atoms with Gasteiger partial charge in [-0.1, -0.05) is 4.62 Å². The highest BCUT2D eigenvalue weighted by molar-refractivity contribution is 7.55. The van der Waals surface area contributed by atoms with Crippen LogP contribution in [-0.4, -0.2) is 89.4 Å². The molecule has 4 heterocycles. The van der Waals surface area contributed by atoms with Gasteiger partial charge in [0.05, 0.1) is 11.5 Å². The summed E-state index contributed by atoms with van der Waals surface area (Å²) in [7, 11) is -4.75. The Morgan fingerprint density at radius 1 is 0.921 bits per heavy atom. The van der Waals surface area contributed by atoms with Gasteiger partial charge in [-0.25, -0.2) is 9.59 Å². The van der Waals surface area contributed by atoms with E-state index in [1.807, 2.05) is 0 Å². The van der Waals surface area contributed by atoms with Crippen molar-refractivity contribution in [3.8, 4) is 0 Å². The minimum absolute atomic E-state index is 0.0728. The number of nitrogens with zero attached hydrogens (tertiary/aromatic N) is 4. The lowest BCUT2D eigenvalue weighted by atomic mass is 10.1. The zero-order chi connectivity index (χ0) is 27.8. The van der Waals surface area contributed by atoms with Crippen LogP contribution in [0.5, 0.6) is 0 Å². The maximum atomic E-state index is 13.1. The Balaban J connectivity index is 1.45. The van der Waals surface area contributed by atoms with Gasteiger partial charge in [0.1, 0.15) is 48.8 Å². The highest BCUT2D eigenvalue weighted by Crippen LogP contribution is 2.60. The molecule has 19 nitrogen and oxygen atoms in total. The highest BCUT2D eigenvalue weighted by Gasteiger charge is 2.59. The van der Waals surface area contributed by atoms with E-state index >= 15 is 0 Å². The van der Waals surface area contributed by atoms with Crippen LogP contribution < -0.4 is 28.7 Å². The van der Waals surface area contributed by atoms with E-state index in [2.05, 4.69) is 14.6 Å². The van der Waals surface area contributed by atoms with Crippen molar-refractivity contribution in [2.45, 2.75) is 49.1 Å². The van der Waals surface area contributed by atoms with Crippen molar-refractivity contribution in [1.29, 1.82) is 0 Å². The first-order chi connectivity index (χ1) is 18.0. The standard InChI is InChI=1S/C18H26N7O12P/c19-9-1-3-24(17(30)22-9)15-12(28)11(27)8(35-15)6-33-38(32,37-21)36-14-7(5-26)34-16(13(14)29)25-4-2-10(20)23-18(25)31/h1-4,7-8,11-16,26-29H,5-6,21H2,(H2,19,22,30)(H2,20,23,31)/q+1/t7-,8-,11-,12-,13-,14-,15-,16-,38?/m1/s1. The molecule has 10 N–H and O–H groups in total. The summed E-state index contributed by atoms with van der Waals surface area (Å²) in [6, 6.07) is 2.53. The Bertz CT molecular complexity index is 1250. The van der Waals surface area contributed by atoms with E-state index in [4.69, 9.17) is 35.9 Å². The van der Waals surface area contributed by atoms with Crippen LogP contribution in [-0.2, 0) is 28.0 Å². The highest BCUT2D eigenvalue weighted by atomic mass is 31.2. The summed E-state index contributed by atoms with van der Waals surface area (Å²) in [4.78, 5) is 44.3. The predicted octanol–water partition coefficient (Wildman–Crippen LogP) is -4.07. The van der Waals surface area contributed by atoms with Gasteiger partial charge in [-0.05, 0) is 12.1 Å². The summed E-state index contributed by atoms with van der Waals surface area (Å²) in [6.07, 6.45) is -9.66. The minimum atomic E-state index is -4.75. The van der Waals surface area contributed by atoms with Gasteiger partial charge in [-0.15, -0.1) is 9.05 Å². The molecule has 4 rings (SSSR count). The number of hydrogen-bond acceptors (Lipinski definition) is 16. The van der Waals surface area contributed by atoms with Crippen LogP contribution in [0.1, 0.15) is 12.5 Å². The second-order valence-corrected chi connectivity index (χ2v) is 9.86. The zero-order valence-electron chi connectivity index (χ0n) is 19.4. The van der Waals surface area contributed by atoms with Crippen LogP contribution in [0.2, 0.25) is 0 Å². The Morgan fingerprint density at radius 2 is 1.45 bits per heavy atom. The largest absolute Gasteiger partial charge is 0.629 e. The van der Waals surface area contributed by atoms with Crippen LogP contribution in [0.3, 0.4) is 0 Å². The number of rotatable bonds is 9. The maximum absolute atomic E-state index is 13.1. The molecular weight excluding hydrogens is 537 g/mol. The smallest absolute Gasteiger partial charge is 0.394 e. The number of anilines is 2. The van der Waals surface area contributed by atoms with Gasteiger partial charge in [0.15, 0.2) is 18.6 Å².